The average molecular weight is 240 g/mol. The molecule has 2 nitrogen and oxygen atoms in total. The number of aliphatic carboxylic acids is 1. The fourth-order valence-electron chi connectivity index (χ4n) is 3.49. The SMILES string of the molecule is CCCCCC(CC)C1(C(=O)O)CCCCC1. The lowest BCUT2D eigenvalue weighted by molar-refractivity contribution is -0.156. The molecule has 1 aliphatic carbocycles. The molecule has 0 bridgehead atoms. The van der Waals surface area contributed by atoms with E-state index in [0.29, 0.717) is 5.92 Å². The molecule has 1 fully saturated rings. The van der Waals surface area contributed by atoms with Crippen molar-refractivity contribution in [1.29, 1.82) is 0 Å². The zero-order valence-corrected chi connectivity index (χ0v) is 11.5. The van der Waals surface area contributed by atoms with Gasteiger partial charge in [0.25, 0.3) is 0 Å². The summed E-state index contributed by atoms with van der Waals surface area (Å²) < 4.78 is 0. The molecule has 2 heteroatoms. The lowest BCUT2D eigenvalue weighted by Gasteiger charge is -2.40. The van der Waals surface area contributed by atoms with Crippen LogP contribution in [0.3, 0.4) is 0 Å². The van der Waals surface area contributed by atoms with Gasteiger partial charge in [0.1, 0.15) is 0 Å². The van der Waals surface area contributed by atoms with Gasteiger partial charge in [-0.1, -0.05) is 58.8 Å². The summed E-state index contributed by atoms with van der Waals surface area (Å²) in [6.07, 6.45) is 11.0. The minimum Gasteiger partial charge on any atom is -0.481 e. The second-order valence-corrected chi connectivity index (χ2v) is 5.62. The van der Waals surface area contributed by atoms with E-state index in [9.17, 15) is 9.90 Å². The molecule has 0 amide bonds. The molecule has 100 valence electrons. The summed E-state index contributed by atoms with van der Waals surface area (Å²) in [5, 5.41) is 9.65. The Balaban J connectivity index is 2.68. The minimum absolute atomic E-state index is 0.388. The Kier molecular flexibility index (Phi) is 6.01. The zero-order chi connectivity index (χ0) is 12.7. The van der Waals surface area contributed by atoms with Crippen molar-refractivity contribution in [3.8, 4) is 0 Å². The number of hydrogen-bond acceptors (Lipinski definition) is 1. The van der Waals surface area contributed by atoms with Gasteiger partial charge in [0.15, 0.2) is 0 Å². The highest BCUT2D eigenvalue weighted by molar-refractivity contribution is 5.75. The Morgan fingerprint density at radius 3 is 2.29 bits per heavy atom. The molecule has 17 heavy (non-hydrogen) atoms. The van der Waals surface area contributed by atoms with Crippen LogP contribution in [0.1, 0.15) is 78.1 Å². The van der Waals surface area contributed by atoms with E-state index in [0.717, 1.165) is 38.5 Å². The van der Waals surface area contributed by atoms with E-state index in [1.165, 1.54) is 25.7 Å². The Hall–Kier alpha value is -0.530. The van der Waals surface area contributed by atoms with Crippen LogP contribution in [0.5, 0.6) is 0 Å². The lowest BCUT2D eigenvalue weighted by atomic mass is 9.63. The van der Waals surface area contributed by atoms with Crippen molar-refractivity contribution >= 4 is 5.97 Å². The van der Waals surface area contributed by atoms with Crippen LogP contribution in [0.25, 0.3) is 0 Å². The van der Waals surface area contributed by atoms with E-state index in [1.807, 2.05) is 0 Å². The number of carboxylic acids is 1. The highest BCUT2D eigenvalue weighted by Crippen LogP contribution is 2.46. The molecule has 1 unspecified atom stereocenters. The van der Waals surface area contributed by atoms with E-state index in [2.05, 4.69) is 13.8 Å². The second kappa shape index (κ2) is 7.03. The third kappa shape index (κ3) is 3.46. The first kappa shape index (κ1) is 14.5. The fraction of sp³-hybridized carbons (Fsp3) is 0.933. The normalized spacial score (nSPS) is 21.1. The van der Waals surface area contributed by atoms with Gasteiger partial charge in [-0.2, -0.15) is 0 Å². The highest BCUT2D eigenvalue weighted by atomic mass is 16.4. The lowest BCUT2D eigenvalue weighted by Crippen LogP contribution is -2.40. The molecular weight excluding hydrogens is 212 g/mol. The average Bonchev–Trinajstić information content (AvgIpc) is 2.35. The maximum absolute atomic E-state index is 11.7. The van der Waals surface area contributed by atoms with Crippen molar-refractivity contribution in [3.63, 3.8) is 0 Å². The maximum Gasteiger partial charge on any atom is 0.309 e. The molecular formula is C15H28O2. The van der Waals surface area contributed by atoms with Gasteiger partial charge in [-0.05, 0) is 25.2 Å². The predicted molar refractivity (Wildman–Crippen MR) is 71.1 cm³/mol. The van der Waals surface area contributed by atoms with Gasteiger partial charge in [-0.3, -0.25) is 4.79 Å². The highest BCUT2D eigenvalue weighted by Gasteiger charge is 2.44. The molecule has 1 atom stereocenters. The van der Waals surface area contributed by atoms with Gasteiger partial charge in [0, 0.05) is 0 Å². The summed E-state index contributed by atoms with van der Waals surface area (Å²) in [7, 11) is 0. The summed E-state index contributed by atoms with van der Waals surface area (Å²) in [4.78, 5) is 11.7. The second-order valence-electron chi connectivity index (χ2n) is 5.62. The Morgan fingerprint density at radius 1 is 1.18 bits per heavy atom. The predicted octanol–water partition coefficient (Wildman–Crippen LogP) is 4.63. The van der Waals surface area contributed by atoms with Gasteiger partial charge < -0.3 is 5.11 Å². The van der Waals surface area contributed by atoms with Gasteiger partial charge in [0.2, 0.25) is 0 Å². The van der Waals surface area contributed by atoms with Crippen molar-refractivity contribution in [2.75, 3.05) is 0 Å². The van der Waals surface area contributed by atoms with Crippen molar-refractivity contribution in [1.82, 2.24) is 0 Å². The van der Waals surface area contributed by atoms with Crippen LogP contribution in [0.2, 0.25) is 0 Å². The quantitative estimate of drug-likeness (QED) is 0.659. The molecule has 0 radical (unpaired) electrons. The van der Waals surface area contributed by atoms with Crippen molar-refractivity contribution in [2.24, 2.45) is 11.3 Å². The summed E-state index contributed by atoms with van der Waals surface area (Å²) in [6, 6.07) is 0. The van der Waals surface area contributed by atoms with Gasteiger partial charge in [-0.25, -0.2) is 0 Å². The van der Waals surface area contributed by atoms with Crippen LogP contribution < -0.4 is 0 Å². The monoisotopic (exact) mass is 240 g/mol. The summed E-state index contributed by atoms with van der Waals surface area (Å²) in [5.74, 6) is -0.132. The van der Waals surface area contributed by atoms with Gasteiger partial charge in [0.05, 0.1) is 5.41 Å². The van der Waals surface area contributed by atoms with E-state index in [4.69, 9.17) is 0 Å². The molecule has 0 heterocycles. The Labute approximate surface area is 106 Å². The van der Waals surface area contributed by atoms with Crippen molar-refractivity contribution in [3.05, 3.63) is 0 Å². The molecule has 0 aromatic rings. The molecule has 0 aliphatic heterocycles. The molecule has 0 aromatic carbocycles. The standard InChI is InChI=1S/C15H28O2/c1-3-5-7-10-13(4-2)15(14(16)17)11-8-6-9-12-15/h13H,3-12H2,1-2H3,(H,16,17). The summed E-state index contributed by atoms with van der Waals surface area (Å²) in [5.41, 5.74) is -0.388. The fourth-order valence-corrected chi connectivity index (χ4v) is 3.49. The third-order valence-electron chi connectivity index (χ3n) is 4.60. The van der Waals surface area contributed by atoms with E-state index >= 15 is 0 Å². The number of rotatable bonds is 7. The molecule has 1 saturated carbocycles. The van der Waals surface area contributed by atoms with Crippen LogP contribution in [-0.4, -0.2) is 11.1 Å². The molecule has 0 spiro atoms. The first-order valence-electron chi connectivity index (χ1n) is 7.40. The largest absolute Gasteiger partial charge is 0.481 e. The first-order chi connectivity index (χ1) is 8.17. The number of unbranched alkanes of at least 4 members (excludes halogenated alkanes) is 2. The zero-order valence-electron chi connectivity index (χ0n) is 11.5. The summed E-state index contributed by atoms with van der Waals surface area (Å²) in [6.45, 7) is 4.37. The first-order valence-corrected chi connectivity index (χ1v) is 7.40. The number of hydrogen-bond donors (Lipinski definition) is 1. The van der Waals surface area contributed by atoms with Crippen LogP contribution in [0.4, 0.5) is 0 Å². The van der Waals surface area contributed by atoms with Gasteiger partial charge >= 0.3 is 5.97 Å². The van der Waals surface area contributed by atoms with E-state index < -0.39 is 5.97 Å². The van der Waals surface area contributed by atoms with E-state index in [-0.39, 0.29) is 5.41 Å². The Morgan fingerprint density at radius 2 is 1.82 bits per heavy atom. The van der Waals surface area contributed by atoms with Crippen molar-refractivity contribution in [2.45, 2.75) is 78.1 Å². The van der Waals surface area contributed by atoms with Gasteiger partial charge in [-0.15, -0.1) is 0 Å². The van der Waals surface area contributed by atoms with Crippen LogP contribution in [0.15, 0.2) is 0 Å². The van der Waals surface area contributed by atoms with Crippen LogP contribution in [0, 0.1) is 11.3 Å². The summed E-state index contributed by atoms with van der Waals surface area (Å²) >= 11 is 0. The van der Waals surface area contributed by atoms with Crippen LogP contribution >= 0.6 is 0 Å². The smallest absolute Gasteiger partial charge is 0.309 e. The third-order valence-corrected chi connectivity index (χ3v) is 4.60. The molecule has 1 N–H and O–H groups in total. The maximum atomic E-state index is 11.7. The number of carbonyl (C=O) groups is 1. The number of carboxylic acid groups (broad SMARTS) is 1. The topological polar surface area (TPSA) is 37.3 Å². The Bertz CT molecular complexity index is 229. The minimum atomic E-state index is -0.527. The molecule has 0 saturated heterocycles. The molecule has 1 aliphatic rings. The van der Waals surface area contributed by atoms with E-state index in [1.54, 1.807) is 0 Å². The molecule has 1 rings (SSSR count). The molecule has 0 aromatic heterocycles. The van der Waals surface area contributed by atoms with Crippen molar-refractivity contribution < 1.29 is 9.90 Å². The van der Waals surface area contributed by atoms with Crippen LogP contribution in [-0.2, 0) is 4.79 Å².